The molecule has 1 aliphatic rings. The first-order valence-corrected chi connectivity index (χ1v) is 8.70. The Morgan fingerprint density at radius 1 is 1.25 bits per heavy atom. The molecule has 24 heavy (non-hydrogen) atoms. The minimum Gasteiger partial charge on any atom is -0.493 e. The van der Waals surface area contributed by atoms with Crippen molar-refractivity contribution in [2.45, 2.75) is 25.8 Å². The minimum atomic E-state index is -0.0816. The molecule has 0 fully saturated rings. The first-order valence-electron chi connectivity index (χ1n) is 7.97. The Bertz CT molecular complexity index is 906. The van der Waals surface area contributed by atoms with Gasteiger partial charge in [0.2, 0.25) is 0 Å². The maximum Gasteiger partial charge on any atom is 0.251 e. The number of amides is 1. The molecule has 0 saturated heterocycles. The third-order valence-corrected chi connectivity index (χ3v) is 4.75. The van der Waals surface area contributed by atoms with Crippen LogP contribution in [0.4, 0.5) is 0 Å². The fourth-order valence-corrected chi connectivity index (χ4v) is 3.52. The van der Waals surface area contributed by atoms with Gasteiger partial charge < -0.3 is 10.1 Å². The molecule has 1 aliphatic heterocycles. The second-order valence-electron chi connectivity index (χ2n) is 6.09. The molecule has 1 N–H and O–H groups in total. The Balaban J connectivity index is 1.43. The Labute approximate surface area is 144 Å². The van der Waals surface area contributed by atoms with E-state index in [1.165, 1.54) is 11.1 Å². The van der Waals surface area contributed by atoms with Crippen molar-refractivity contribution in [3.63, 3.8) is 0 Å². The Morgan fingerprint density at radius 3 is 3.04 bits per heavy atom. The van der Waals surface area contributed by atoms with Crippen LogP contribution in [0.15, 0.2) is 36.4 Å². The molecule has 0 spiro atoms. The van der Waals surface area contributed by atoms with E-state index in [0.717, 1.165) is 48.0 Å². The van der Waals surface area contributed by atoms with Crippen molar-refractivity contribution in [2.24, 2.45) is 0 Å². The average molecular weight is 339 g/mol. The van der Waals surface area contributed by atoms with Gasteiger partial charge in [0.25, 0.3) is 5.91 Å². The third kappa shape index (κ3) is 2.97. The highest BCUT2D eigenvalue weighted by Gasteiger charge is 2.15. The van der Waals surface area contributed by atoms with Gasteiger partial charge in [-0.3, -0.25) is 4.79 Å². The van der Waals surface area contributed by atoms with Gasteiger partial charge in [0, 0.05) is 18.0 Å². The molecule has 1 unspecified atom stereocenters. The van der Waals surface area contributed by atoms with Gasteiger partial charge in [0.15, 0.2) is 0 Å². The topological polar surface area (TPSA) is 64.1 Å². The summed E-state index contributed by atoms with van der Waals surface area (Å²) >= 11 is 1.16. The first-order chi connectivity index (χ1) is 11.7. The summed E-state index contributed by atoms with van der Waals surface area (Å²) < 4.78 is 13.9. The highest BCUT2D eigenvalue weighted by atomic mass is 32.1. The minimum absolute atomic E-state index is 0.0436. The van der Waals surface area contributed by atoms with Crippen LogP contribution in [0, 0.1) is 0 Å². The molecule has 5 nitrogen and oxygen atoms in total. The van der Waals surface area contributed by atoms with E-state index in [1.807, 2.05) is 19.1 Å². The molecule has 1 atom stereocenters. The van der Waals surface area contributed by atoms with Gasteiger partial charge in [0.05, 0.1) is 18.3 Å². The SMILES string of the molecule is CC(Cc1ccc2c(c1)CCO2)NC(=O)c1ccc2nsnc2c1. The monoisotopic (exact) mass is 339 g/mol. The smallest absolute Gasteiger partial charge is 0.251 e. The molecule has 4 rings (SSSR count). The average Bonchev–Trinajstić information content (AvgIpc) is 3.22. The number of carbonyl (C=O) groups excluding carboxylic acids is 1. The van der Waals surface area contributed by atoms with Crippen LogP contribution >= 0.6 is 11.7 Å². The molecule has 3 aromatic rings. The summed E-state index contributed by atoms with van der Waals surface area (Å²) in [5.41, 5.74) is 4.67. The number of fused-ring (bicyclic) bond motifs is 2. The predicted molar refractivity (Wildman–Crippen MR) is 93.7 cm³/mol. The summed E-state index contributed by atoms with van der Waals surface area (Å²) in [7, 11) is 0. The van der Waals surface area contributed by atoms with Crippen LogP contribution in [-0.2, 0) is 12.8 Å². The quantitative estimate of drug-likeness (QED) is 0.794. The summed E-state index contributed by atoms with van der Waals surface area (Å²) in [4.78, 5) is 12.4. The largest absolute Gasteiger partial charge is 0.493 e. The van der Waals surface area contributed by atoms with E-state index in [-0.39, 0.29) is 11.9 Å². The van der Waals surface area contributed by atoms with E-state index in [1.54, 1.807) is 12.1 Å². The van der Waals surface area contributed by atoms with Crippen LogP contribution in [-0.4, -0.2) is 27.3 Å². The van der Waals surface area contributed by atoms with Crippen molar-refractivity contribution in [3.8, 4) is 5.75 Å². The Morgan fingerprint density at radius 2 is 2.12 bits per heavy atom. The summed E-state index contributed by atoms with van der Waals surface area (Å²) in [5, 5.41) is 3.05. The number of nitrogens with zero attached hydrogens (tertiary/aromatic N) is 2. The van der Waals surface area contributed by atoms with E-state index in [4.69, 9.17) is 4.74 Å². The van der Waals surface area contributed by atoms with Crippen LogP contribution in [0.3, 0.4) is 0 Å². The molecule has 0 saturated carbocycles. The van der Waals surface area contributed by atoms with E-state index < -0.39 is 0 Å². The molecule has 122 valence electrons. The van der Waals surface area contributed by atoms with Gasteiger partial charge in [-0.1, -0.05) is 12.1 Å². The molecule has 0 radical (unpaired) electrons. The molecule has 6 heteroatoms. The third-order valence-electron chi connectivity index (χ3n) is 4.19. The predicted octanol–water partition coefficient (Wildman–Crippen LogP) is 2.99. The van der Waals surface area contributed by atoms with Crippen LogP contribution in [0.2, 0.25) is 0 Å². The number of rotatable bonds is 4. The summed E-state index contributed by atoms with van der Waals surface area (Å²) in [5.74, 6) is 0.905. The lowest BCUT2D eigenvalue weighted by Gasteiger charge is -2.14. The number of benzene rings is 2. The maximum atomic E-state index is 12.4. The maximum absolute atomic E-state index is 12.4. The Hall–Kier alpha value is -2.47. The van der Waals surface area contributed by atoms with Crippen LogP contribution in [0.5, 0.6) is 5.75 Å². The van der Waals surface area contributed by atoms with Crippen LogP contribution in [0.25, 0.3) is 11.0 Å². The fourth-order valence-electron chi connectivity index (χ4n) is 3.00. The molecular formula is C18H17N3O2S. The molecule has 0 aliphatic carbocycles. The number of aromatic nitrogens is 2. The van der Waals surface area contributed by atoms with Crippen LogP contribution < -0.4 is 10.1 Å². The number of nitrogens with one attached hydrogen (secondary N) is 1. The first kappa shape index (κ1) is 15.1. The Kier molecular flexibility index (Phi) is 3.90. The van der Waals surface area contributed by atoms with Crippen molar-refractivity contribution in [2.75, 3.05) is 6.61 Å². The van der Waals surface area contributed by atoms with Crippen molar-refractivity contribution in [1.29, 1.82) is 0 Å². The molecule has 2 heterocycles. The lowest BCUT2D eigenvalue weighted by atomic mass is 10.0. The second-order valence-corrected chi connectivity index (χ2v) is 6.62. The standard InChI is InChI=1S/C18H17N3O2S/c1-11(8-12-2-5-17-13(9-12)6-7-23-17)19-18(22)14-3-4-15-16(10-14)21-24-20-15/h2-5,9-11H,6-8H2,1H3,(H,19,22). The van der Waals surface area contributed by atoms with Gasteiger partial charge in [-0.05, 0) is 48.7 Å². The van der Waals surface area contributed by atoms with E-state index in [9.17, 15) is 4.79 Å². The fraction of sp³-hybridized carbons (Fsp3) is 0.278. The molecule has 0 bridgehead atoms. The van der Waals surface area contributed by atoms with E-state index in [0.29, 0.717) is 5.56 Å². The highest BCUT2D eigenvalue weighted by Crippen LogP contribution is 2.26. The lowest BCUT2D eigenvalue weighted by Crippen LogP contribution is -2.34. The van der Waals surface area contributed by atoms with E-state index >= 15 is 0 Å². The molecule has 1 aromatic heterocycles. The van der Waals surface area contributed by atoms with E-state index in [2.05, 4.69) is 26.2 Å². The zero-order chi connectivity index (χ0) is 16.5. The van der Waals surface area contributed by atoms with Gasteiger partial charge in [-0.2, -0.15) is 8.75 Å². The molecule has 1 amide bonds. The van der Waals surface area contributed by atoms with Gasteiger partial charge in [0.1, 0.15) is 16.8 Å². The van der Waals surface area contributed by atoms with Crippen molar-refractivity contribution in [1.82, 2.24) is 14.1 Å². The number of carbonyl (C=O) groups is 1. The zero-order valence-electron chi connectivity index (χ0n) is 13.3. The summed E-state index contributed by atoms with van der Waals surface area (Å²) in [6.07, 6.45) is 1.76. The molecule has 2 aromatic carbocycles. The van der Waals surface area contributed by atoms with Gasteiger partial charge >= 0.3 is 0 Å². The van der Waals surface area contributed by atoms with Crippen molar-refractivity contribution < 1.29 is 9.53 Å². The summed E-state index contributed by atoms with van der Waals surface area (Å²) in [6.45, 7) is 2.78. The lowest BCUT2D eigenvalue weighted by molar-refractivity contribution is 0.0940. The van der Waals surface area contributed by atoms with Crippen molar-refractivity contribution in [3.05, 3.63) is 53.1 Å². The second kappa shape index (κ2) is 6.20. The zero-order valence-corrected chi connectivity index (χ0v) is 14.1. The normalized spacial score (nSPS) is 14.2. The molecular weight excluding hydrogens is 322 g/mol. The van der Waals surface area contributed by atoms with Crippen LogP contribution in [0.1, 0.15) is 28.4 Å². The number of hydrogen-bond acceptors (Lipinski definition) is 5. The van der Waals surface area contributed by atoms with Crippen molar-refractivity contribution >= 4 is 28.7 Å². The van der Waals surface area contributed by atoms with Gasteiger partial charge in [-0.15, -0.1) is 0 Å². The number of ether oxygens (including phenoxy) is 1. The summed E-state index contributed by atoms with van der Waals surface area (Å²) in [6, 6.07) is 11.7. The highest BCUT2D eigenvalue weighted by molar-refractivity contribution is 7.00. The number of hydrogen-bond donors (Lipinski definition) is 1. The van der Waals surface area contributed by atoms with Gasteiger partial charge in [-0.25, -0.2) is 0 Å².